The Hall–Kier alpha value is -1.37. The lowest BCUT2D eigenvalue weighted by atomic mass is 10.3. The smallest absolute Gasteiger partial charge is 0.136 e. The Morgan fingerprint density at radius 1 is 1.05 bits per heavy atom. The van der Waals surface area contributed by atoms with Crippen molar-refractivity contribution >= 4 is 39.9 Å². The molecular formula is C16H21IN4. The second kappa shape index (κ2) is 8.17. The number of halogens is 1. The van der Waals surface area contributed by atoms with E-state index in [1.807, 2.05) is 18.2 Å². The van der Waals surface area contributed by atoms with Gasteiger partial charge in [-0.2, -0.15) is 0 Å². The molecular weight excluding hydrogens is 375 g/mol. The summed E-state index contributed by atoms with van der Waals surface area (Å²) in [5.41, 5.74) is 1.05. The molecule has 1 heterocycles. The minimum atomic E-state index is 0.842. The third-order valence-corrected chi connectivity index (χ3v) is 3.57. The van der Waals surface area contributed by atoms with Crippen LogP contribution in [0, 0.1) is 3.57 Å². The van der Waals surface area contributed by atoms with Gasteiger partial charge >= 0.3 is 0 Å². The van der Waals surface area contributed by atoms with Gasteiger partial charge in [-0.25, -0.2) is 9.97 Å². The van der Waals surface area contributed by atoms with E-state index in [9.17, 15) is 0 Å². The van der Waals surface area contributed by atoms with E-state index in [0.717, 1.165) is 49.0 Å². The topological polar surface area (TPSA) is 49.8 Å². The van der Waals surface area contributed by atoms with E-state index >= 15 is 0 Å². The third kappa shape index (κ3) is 5.15. The quantitative estimate of drug-likeness (QED) is 0.672. The fraction of sp³-hybridized carbons (Fsp3) is 0.375. The first kappa shape index (κ1) is 16.0. The molecule has 0 atom stereocenters. The van der Waals surface area contributed by atoms with Crippen molar-refractivity contribution < 1.29 is 0 Å². The molecule has 0 aliphatic carbocycles. The lowest BCUT2D eigenvalue weighted by Gasteiger charge is -2.11. The van der Waals surface area contributed by atoms with Gasteiger partial charge in [0.2, 0.25) is 0 Å². The highest BCUT2D eigenvalue weighted by Crippen LogP contribution is 2.19. The van der Waals surface area contributed by atoms with Crippen LogP contribution >= 0.6 is 22.6 Å². The maximum Gasteiger partial charge on any atom is 0.136 e. The number of anilines is 3. The monoisotopic (exact) mass is 396 g/mol. The molecule has 1 aromatic heterocycles. The molecule has 0 bridgehead atoms. The minimum Gasteiger partial charge on any atom is -0.370 e. The highest BCUT2D eigenvalue weighted by Gasteiger charge is 2.05. The van der Waals surface area contributed by atoms with Crippen LogP contribution in [-0.4, -0.2) is 16.5 Å². The van der Waals surface area contributed by atoms with Crippen molar-refractivity contribution in [3.63, 3.8) is 0 Å². The predicted molar refractivity (Wildman–Crippen MR) is 97.2 cm³/mol. The summed E-state index contributed by atoms with van der Waals surface area (Å²) in [5, 5.41) is 6.70. The first-order chi connectivity index (χ1) is 10.2. The lowest BCUT2D eigenvalue weighted by Crippen LogP contribution is -2.07. The molecule has 2 aromatic rings. The van der Waals surface area contributed by atoms with Crippen LogP contribution in [0.1, 0.15) is 32.5 Å². The molecule has 0 aliphatic rings. The second-order valence-electron chi connectivity index (χ2n) is 4.87. The summed E-state index contributed by atoms with van der Waals surface area (Å²) in [6.45, 7) is 5.21. The largest absolute Gasteiger partial charge is 0.370 e. The summed E-state index contributed by atoms with van der Waals surface area (Å²) in [4.78, 5) is 9.15. The summed E-state index contributed by atoms with van der Waals surface area (Å²) in [6, 6.07) is 10.2. The van der Waals surface area contributed by atoms with Crippen molar-refractivity contribution in [2.45, 2.75) is 33.1 Å². The molecule has 0 fully saturated rings. The van der Waals surface area contributed by atoms with E-state index in [-0.39, 0.29) is 0 Å². The van der Waals surface area contributed by atoms with Gasteiger partial charge in [0.05, 0.1) is 0 Å². The van der Waals surface area contributed by atoms with E-state index in [1.165, 1.54) is 3.57 Å². The normalized spacial score (nSPS) is 10.4. The molecule has 0 radical (unpaired) electrons. The Morgan fingerprint density at radius 3 is 2.57 bits per heavy atom. The number of nitrogens with zero attached hydrogens (tertiary/aromatic N) is 2. The van der Waals surface area contributed by atoms with Crippen LogP contribution in [0.3, 0.4) is 0 Å². The number of aryl methyl sites for hydroxylation is 1. The average Bonchev–Trinajstić information content (AvgIpc) is 2.45. The van der Waals surface area contributed by atoms with Crippen LogP contribution in [0.4, 0.5) is 17.3 Å². The molecule has 0 amide bonds. The zero-order valence-electron chi connectivity index (χ0n) is 12.5. The molecule has 0 unspecified atom stereocenters. The second-order valence-corrected chi connectivity index (χ2v) is 6.11. The summed E-state index contributed by atoms with van der Waals surface area (Å²) < 4.78 is 1.20. The molecule has 0 saturated heterocycles. The number of aromatic nitrogens is 2. The van der Waals surface area contributed by atoms with Crippen LogP contribution in [0.25, 0.3) is 0 Å². The zero-order chi connectivity index (χ0) is 15.1. The SMILES string of the molecule is CCCNc1cc(Nc2cccc(I)c2)nc(CCC)n1. The van der Waals surface area contributed by atoms with Gasteiger partial charge in [-0.1, -0.05) is 19.9 Å². The van der Waals surface area contributed by atoms with E-state index in [4.69, 9.17) is 0 Å². The van der Waals surface area contributed by atoms with Crippen LogP contribution in [-0.2, 0) is 6.42 Å². The van der Waals surface area contributed by atoms with E-state index in [0.29, 0.717) is 0 Å². The maximum absolute atomic E-state index is 4.59. The fourth-order valence-corrected chi connectivity index (χ4v) is 2.50. The van der Waals surface area contributed by atoms with Crippen LogP contribution in [0.5, 0.6) is 0 Å². The summed E-state index contributed by atoms with van der Waals surface area (Å²) >= 11 is 2.31. The Bertz CT molecular complexity index is 586. The zero-order valence-corrected chi connectivity index (χ0v) is 14.6. The Morgan fingerprint density at radius 2 is 1.86 bits per heavy atom. The lowest BCUT2D eigenvalue weighted by molar-refractivity contribution is 0.834. The Balaban J connectivity index is 2.22. The summed E-state index contributed by atoms with van der Waals surface area (Å²) in [6.07, 6.45) is 3.01. The molecule has 0 aliphatic heterocycles. The Labute approximate surface area is 139 Å². The summed E-state index contributed by atoms with van der Waals surface area (Å²) in [7, 11) is 0. The molecule has 5 heteroatoms. The molecule has 112 valence electrons. The number of rotatable bonds is 7. The highest BCUT2D eigenvalue weighted by molar-refractivity contribution is 14.1. The molecule has 0 saturated carbocycles. The van der Waals surface area contributed by atoms with E-state index < -0.39 is 0 Å². The highest BCUT2D eigenvalue weighted by atomic mass is 127. The molecule has 2 rings (SSSR count). The first-order valence-corrected chi connectivity index (χ1v) is 8.43. The fourth-order valence-electron chi connectivity index (χ4n) is 1.95. The van der Waals surface area contributed by atoms with Gasteiger partial charge in [-0.15, -0.1) is 0 Å². The van der Waals surface area contributed by atoms with Gasteiger partial charge in [0.15, 0.2) is 0 Å². The molecule has 21 heavy (non-hydrogen) atoms. The molecule has 1 aromatic carbocycles. The van der Waals surface area contributed by atoms with Gasteiger partial charge in [0.25, 0.3) is 0 Å². The van der Waals surface area contributed by atoms with Gasteiger partial charge in [-0.3, -0.25) is 0 Å². The van der Waals surface area contributed by atoms with Crippen molar-refractivity contribution in [2.24, 2.45) is 0 Å². The van der Waals surface area contributed by atoms with Gasteiger partial charge in [-0.05, 0) is 53.6 Å². The van der Waals surface area contributed by atoms with Crippen molar-refractivity contribution in [1.82, 2.24) is 9.97 Å². The molecule has 2 N–H and O–H groups in total. The van der Waals surface area contributed by atoms with Crippen molar-refractivity contribution in [1.29, 1.82) is 0 Å². The molecule has 0 spiro atoms. The standard InChI is InChI=1S/C16H21IN4/c1-3-6-14-20-15(18-9-4-2)11-16(21-14)19-13-8-5-7-12(17)10-13/h5,7-8,10-11H,3-4,6,9H2,1-2H3,(H2,18,19,20,21). The maximum atomic E-state index is 4.59. The number of hydrogen-bond acceptors (Lipinski definition) is 4. The van der Waals surface area contributed by atoms with Crippen LogP contribution in [0.2, 0.25) is 0 Å². The molecule has 4 nitrogen and oxygen atoms in total. The van der Waals surface area contributed by atoms with Crippen molar-refractivity contribution in [3.8, 4) is 0 Å². The van der Waals surface area contributed by atoms with Crippen molar-refractivity contribution in [2.75, 3.05) is 17.2 Å². The van der Waals surface area contributed by atoms with Crippen LogP contribution in [0.15, 0.2) is 30.3 Å². The Kier molecular flexibility index (Phi) is 6.22. The first-order valence-electron chi connectivity index (χ1n) is 7.35. The van der Waals surface area contributed by atoms with Crippen molar-refractivity contribution in [3.05, 3.63) is 39.7 Å². The van der Waals surface area contributed by atoms with Gasteiger partial charge in [0.1, 0.15) is 17.5 Å². The van der Waals surface area contributed by atoms with Crippen LogP contribution < -0.4 is 10.6 Å². The number of benzene rings is 1. The van der Waals surface area contributed by atoms with Gasteiger partial charge in [0, 0.05) is 28.3 Å². The minimum absolute atomic E-state index is 0.842. The summed E-state index contributed by atoms with van der Waals surface area (Å²) in [5.74, 6) is 2.62. The third-order valence-electron chi connectivity index (χ3n) is 2.90. The number of hydrogen-bond donors (Lipinski definition) is 2. The van der Waals surface area contributed by atoms with Gasteiger partial charge < -0.3 is 10.6 Å². The number of nitrogens with one attached hydrogen (secondary N) is 2. The predicted octanol–water partition coefficient (Wildman–Crippen LogP) is 4.60. The average molecular weight is 396 g/mol. The van der Waals surface area contributed by atoms with E-state index in [1.54, 1.807) is 0 Å². The van der Waals surface area contributed by atoms with E-state index in [2.05, 4.69) is 69.2 Å².